The van der Waals surface area contributed by atoms with E-state index < -0.39 is 0 Å². The van der Waals surface area contributed by atoms with Crippen molar-refractivity contribution in [2.45, 2.75) is 18.9 Å². The Labute approximate surface area is 114 Å². The number of methoxy groups -OCH3 is 3. The number of ether oxygens (including phenoxy) is 3. The zero-order valence-corrected chi connectivity index (χ0v) is 11.8. The van der Waals surface area contributed by atoms with Gasteiger partial charge in [0.25, 0.3) is 0 Å². The van der Waals surface area contributed by atoms with Gasteiger partial charge in [-0.3, -0.25) is 0 Å². The second-order valence-electron chi connectivity index (χ2n) is 4.11. The van der Waals surface area contributed by atoms with Gasteiger partial charge >= 0.3 is 0 Å². The Morgan fingerprint density at radius 2 is 1.67 bits per heavy atom. The van der Waals surface area contributed by atoms with Crippen LogP contribution in [0.15, 0.2) is 12.1 Å². The third-order valence-corrected chi connectivity index (χ3v) is 3.15. The minimum atomic E-state index is 0. The molecule has 0 saturated carbocycles. The van der Waals surface area contributed by atoms with Crippen molar-refractivity contribution in [2.24, 2.45) is 0 Å². The predicted molar refractivity (Wildman–Crippen MR) is 73.3 cm³/mol. The maximum absolute atomic E-state index is 5.35. The molecule has 1 atom stereocenters. The first-order chi connectivity index (χ1) is 8.30. The summed E-state index contributed by atoms with van der Waals surface area (Å²) in [4.78, 5) is 0. The fraction of sp³-hybridized carbons (Fsp3) is 0.538. The third kappa shape index (κ3) is 2.82. The van der Waals surface area contributed by atoms with Crippen LogP contribution < -0.4 is 19.5 Å². The maximum Gasteiger partial charge on any atom is 0.203 e. The molecule has 0 spiro atoms. The Bertz CT molecular complexity index is 367. The Kier molecular flexibility index (Phi) is 5.56. The standard InChI is InChI=1S/C13H19NO3.ClH/c1-15-11-7-9(10-5-4-6-14-10)8-12(16-2)13(11)17-3;/h7-8,10,14H,4-6H2,1-3H3;1H/t10-;/m1./s1. The van der Waals surface area contributed by atoms with Crippen molar-refractivity contribution < 1.29 is 14.2 Å². The van der Waals surface area contributed by atoms with Gasteiger partial charge in [-0.25, -0.2) is 0 Å². The quantitative estimate of drug-likeness (QED) is 0.915. The maximum atomic E-state index is 5.35. The molecule has 1 N–H and O–H groups in total. The van der Waals surface area contributed by atoms with Crippen molar-refractivity contribution >= 4 is 12.4 Å². The lowest BCUT2D eigenvalue weighted by atomic mass is 10.0. The van der Waals surface area contributed by atoms with E-state index in [1.165, 1.54) is 12.0 Å². The van der Waals surface area contributed by atoms with Gasteiger partial charge in [0.1, 0.15) is 0 Å². The van der Waals surface area contributed by atoms with Crippen LogP contribution in [0, 0.1) is 0 Å². The third-order valence-electron chi connectivity index (χ3n) is 3.15. The number of halogens is 1. The van der Waals surface area contributed by atoms with Gasteiger partial charge in [-0.15, -0.1) is 12.4 Å². The van der Waals surface area contributed by atoms with Gasteiger partial charge in [0.05, 0.1) is 21.3 Å². The molecule has 102 valence electrons. The van der Waals surface area contributed by atoms with E-state index in [1.54, 1.807) is 21.3 Å². The molecule has 0 aromatic heterocycles. The molecule has 1 saturated heterocycles. The average Bonchev–Trinajstić information content (AvgIpc) is 2.90. The van der Waals surface area contributed by atoms with Crippen LogP contribution in [0.4, 0.5) is 0 Å². The molecule has 4 nitrogen and oxygen atoms in total. The topological polar surface area (TPSA) is 39.7 Å². The largest absolute Gasteiger partial charge is 0.493 e. The zero-order valence-electron chi connectivity index (χ0n) is 11.0. The summed E-state index contributed by atoms with van der Waals surface area (Å²) in [5.41, 5.74) is 1.19. The summed E-state index contributed by atoms with van der Waals surface area (Å²) in [6.45, 7) is 1.07. The van der Waals surface area contributed by atoms with Crippen molar-refractivity contribution in [3.8, 4) is 17.2 Å². The van der Waals surface area contributed by atoms with Crippen molar-refractivity contribution in [1.29, 1.82) is 0 Å². The van der Waals surface area contributed by atoms with Crippen molar-refractivity contribution in [1.82, 2.24) is 5.32 Å². The summed E-state index contributed by atoms with van der Waals surface area (Å²) in [5.74, 6) is 2.09. The van der Waals surface area contributed by atoms with Crippen LogP contribution in [-0.2, 0) is 0 Å². The van der Waals surface area contributed by atoms with Gasteiger partial charge in [-0.2, -0.15) is 0 Å². The van der Waals surface area contributed by atoms with Gasteiger partial charge in [0.2, 0.25) is 5.75 Å². The molecule has 1 aliphatic rings. The fourth-order valence-corrected chi connectivity index (χ4v) is 2.27. The van der Waals surface area contributed by atoms with Crippen LogP contribution in [-0.4, -0.2) is 27.9 Å². The van der Waals surface area contributed by atoms with Crippen molar-refractivity contribution in [3.63, 3.8) is 0 Å². The second-order valence-corrected chi connectivity index (χ2v) is 4.11. The molecule has 1 aliphatic heterocycles. The smallest absolute Gasteiger partial charge is 0.203 e. The Morgan fingerprint density at radius 1 is 1.06 bits per heavy atom. The predicted octanol–water partition coefficient (Wildman–Crippen LogP) is 2.56. The lowest BCUT2D eigenvalue weighted by Gasteiger charge is -2.17. The minimum Gasteiger partial charge on any atom is -0.493 e. The lowest BCUT2D eigenvalue weighted by Crippen LogP contribution is -2.13. The zero-order chi connectivity index (χ0) is 12.3. The first kappa shape index (κ1) is 14.9. The van der Waals surface area contributed by atoms with Crippen LogP contribution in [0.3, 0.4) is 0 Å². The number of nitrogens with one attached hydrogen (secondary N) is 1. The molecule has 0 unspecified atom stereocenters. The Morgan fingerprint density at radius 3 is 2.06 bits per heavy atom. The van der Waals surface area contributed by atoms with Gasteiger partial charge in [0, 0.05) is 6.04 Å². The number of hydrogen-bond acceptors (Lipinski definition) is 4. The molecule has 0 amide bonds. The molecule has 0 aliphatic carbocycles. The van der Waals surface area contributed by atoms with E-state index >= 15 is 0 Å². The Hall–Kier alpha value is -1.13. The van der Waals surface area contributed by atoms with E-state index in [4.69, 9.17) is 14.2 Å². The summed E-state index contributed by atoms with van der Waals surface area (Å²) in [6.07, 6.45) is 2.36. The monoisotopic (exact) mass is 273 g/mol. The molecule has 1 aromatic rings. The van der Waals surface area contributed by atoms with E-state index in [-0.39, 0.29) is 12.4 Å². The first-order valence-corrected chi connectivity index (χ1v) is 5.83. The van der Waals surface area contributed by atoms with Crippen LogP contribution in [0.25, 0.3) is 0 Å². The number of rotatable bonds is 4. The van der Waals surface area contributed by atoms with E-state index in [0.29, 0.717) is 11.8 Å². The summed E-state index contributed by atoms with van der Waals surface area (Å²) < 4.78 is 16.0. The van der Waals surface area contributed by atoms with Crippen LogP contribution >= 0.6 is 12.4 Å². The SMILES string of the molecule is COc1cc([C@H]2CCCN2)cc(OC)c1OC.Cl. The highest BCUT2D eigenvalue weighted by Gasteiger charge is 2.20. The van der Waals surface area contributed by atoms with Gasteiger partial charge in [-0.05, 0) is 37.1 Å². The van der Waals surface area contributed by atoms with Crippen LogP contribution in [0.2, 0.25) is 0 Å². The molecule has 0 radical (unpaired) electrons. The highest BCUT2D eigenvalue weighted by atomic mass is 35.5. The summed E-state index contributed by atoms with van der Waals surface area (Å²) in [6, 6.07) is 4.43. The van der Waals surface area contributed by atoms with Gasteiger partial charge < -0.3 is 19.5 Å². The lowest BCUT2D eigenvalue weighted by molar-refractivity contribution is 0.323. The summed E-state index contributed by atoms with van der Waals surface area (Å²) in [5, 5.41) is 3.46. The summed E-state index contributed by atoms with van der Waals surface area (Å²) >= 11 is 0. The molecule has 2 rings (SSSR count). The second kappa shape index (κ2) is 6.71. The highest BCUT2D eigenvalue weighted by Crippen LogP contribution is 2.40. The normalized spacial score (nSPS) is 18.1. The molecule has 0 bridgehead atoms. The minimum absolute atomic E-state index is 0. The fourth-order valence-electron chi connectivity index (χ4n) is 2.27. The van der Waals surface area contributed by atoms with E-state index in [9.17, 15) is 0 Å². The molecular weight excluding hydrogens is 254 g/mol. The molecule has 1 fully saturated rings. The first-order valence-electron chi connectivity index (χ1n) is 5.83. The highest BCUT2D eigenvalue weighted by molar-refractivity contribution is 5.85. The Balaban J connectivity index is 0.00000162. The van der Waals surface area contributed by atoms with Crippen LogP contribution in [0.5, 0.6) is 17.2 Å². The van der Waals surface area contributed by atoms with E-state index in [2.05, 4.69) is 5.32 Å². The number of benzene rings is 1. The molecule has 5 heteroatoms. The van der Waals surface area contributed by atoms with E-state index in [1.807, 2.05) is 12.1 Å². The summed E-state index contributed by atoms with van der Waals surface area (Å²) in [7, 11) is 4.90. The van der Waals surface area contributed by atoms with Gasteiger partial charge in [0.15, 0.2) is 11.5 Å². The molecule has 18 heavy (non-hydrogen) atoms. The number of hydrogen-bond donors (Lipinski definition) is 1. The molecule has 1 aromatic carbocycles. The molecule has 1 heterocycles. The average molecular weight is 274 g/mol. The molecular formula is C13H20ClNO3. The van der Waals surface area contributed by atoms with Gasteiger partial charge in [-0.1, -0.05) is 0 Å². The van der Waals surface area contributed by atoms with E-state index in [0.717, 1.165) is 24.5 Å². The van der Waals surface area contributed by atoms with Crippen molar-refractivity contribution in [2.75, 3.05) is 27.9 Å². The van der Waals surface area contributed by atoms with Crippen molar-refractivity contribution in [3.05, 3.63) is 17.7 Å². The van der Waals surface area contributed by atoms with Crippen LogP contribution in [0.1, 0.15) is 24.4 Å².